The molecule has 120 valence electrons. The zero-order valence-electron chi connectivity index (χ0n) is 12.7. The zero-order chi connectivity index (χ0) is 14.8. The van der Waals surface area contributed by atoms with Crippen molar-refractivity contribution in [3.05, 3.63) is 0 Å². The lowest BCUT2D eigenvalue weighted by molar-refractivity contribution is 0.133. The van der Waals surface area contributed by atoms with Gasteiger partial charge in [0.05, 0.1) is 0 Å². The van der Waals surface area contributed by atoms with Gasteiger partial charge in [0.1, 0.15) is 0 Å². The van der Waals surface area contributed by atoms with Crippen LogP contribution < -0.4 is 10.0 Å². The van der Waals surface area contributed by atoms with Gasteiger partial charge in [0.15, 0.2) is 0 Å². The normalized spacial score (nSPS) is 21.2. The second kappa shape index (κ2) is 9.68. The van der Waals surface area contributed by atoms with Crippen molar-refractivity contribution in [1.29, 1.82) is 0 Å². The molecule has 1 unspecified atom stereocenters. The summed E-state index contributed by atoms with van der Waals surface area (Å²) in [4.78, 5) is 0. The topological polar surface area (TPSA) is 70.7 Å². The molecule has 1 fully saturated rings. The van der Waals surface area contributed by atoms with Gasteiger partial charge in [-0.25, -0.2) is 4.72 Å². The van der Waals surface area contributed by atoms with E-state index in [2.05, 4.69) is 17.0 Å². The molecule has 0 saturated carbocycles. The molecule has 0 bridgehead atoms. The molecule has 0 radical (unpaired) electrons. The fourth-order valence-corrected chi connectivity index (χ4v) is 3.94. The summed E-state index contributed by atoms with van der Waals surface area (Å²) in [5, 5.41) is 3.08. The molecule has 1 atom stereocenters. The summed E-state index contributed by atoms with van der Waals surface area (Å²) in [6, 6.07) is 0.0718. The number of rotatable bonds is 10. The van der Waals surface area contributed by atoms with Crippen LogP contribution in [0.25, 0.3) is 0 Å². The predicted molar refractivity (Wildman–Crippen MR) is 80.9 cm³/mol. The molecule has 7 heteroatoms. The van der Waals surface area contributed by atoms with Gasteiger partial charge in [-0.15, -0.1) is 0 Å². The van der Waals surface area contributed by atoms with Crippen LogP contribution in [0.3, 0.4) is 0 Å². The highest BCUT2D eigenvalue weighted by Gasteiger charge is 2.31. The number of hydrogen-bond acceptors (Lipinski definition) is 4. The smallest absolute Gasteiger partial charge is 0.279 e. The summed E-state index contributed by atoms with van der Waals surface area (Å²) in [6.45, 7) is 5.17. The molecule has 0 aliphatic carbocycles. The molecule has 0 aromatic heterocycles. The maximum absolute atomic E-state index is 12.3. The molecule has 0 aromatic rings. The summed E-state index contributed by atoms with van der Waals surface area (Å²) >= 11 is 0. The van der Waals surface area contributed by atoms with E-state index in [4.69, 9.17) is 4.74 Å². The first kappa shape index (κ1) is 17.8. The minimum atomic E-state index is -3.36. The van der Waals surface area contributed by atoms with E-state index in [1.165, 1.54) is 0 Å². The van der Waals surface area contributed by atoms with Crippen LogP contribution in [0.4, 0.5) is 0 Å². The highest BCUT2D eigenvalue weighted by molar-refractivity contribution is 7.87. The third-order valence-corrected chi connectivity index (χ3v) is 5.09. The Morgan fingerprint density at radius 1 is 1.30 bits per heavy atom. The first-order valence-electron chi connectivity index (χ1n) is 7.60. The maximum Gasteiger partial charge on any atom is 0.279 e. The van der Waals surface area contributed by atoms with Crippen LogP contribution in [-0.2, 0) is 14.9 Å². The fraction of sp³-hybridized carbons (Fsp3) is 1.00. The van der Waals surface area contributed by atoms with Crippen LogP contribution in [0.5, 0.6) is 0 Å². The van der Waals surface area contributed by atoms with Crippen LogP contribution >= 0.6 is 0 Å². The van der Waals surface area contributed by atoms with Gasteiger partial charge in [-0.05, 0) is 32.7 Å². The summed E-state index contributed by atoms with van der Waals surface area (Å²) in [5.74, 6) is 0. The second-order valence-electron chi connectivity index (χ2n) is 5.18. The van der Waals surface area contributed by atoms with E-state index in [1.54, 1.807) is 4.31 Å². The molecular formula is C13H29N3O3S. The molecule has 6 nitrogen and oxygen atoms in total. The van der Waals surface area contributed by atoms with Crippen molar-refractivity contribution < 1.29 is 13.2 Å². The van der Waals surface area contributed by atoms with Crippen molar-refractivity contribution in [2.24, 2.45) is 0 Å². The number of nitrogens with zero attached hydrogens (tertiary/aromatic N) is 1. The molecule has 0 spiro atoms. The van der Waals surface area contributed by atoms with E-state index >= 15 is 0 Å². The van der Waals surface area contributed by atoms with Gasteiger partial charge < -0.3 is 10.1 Å². The van der Waals surface area contributed by atoms with Gasteiger partial charge in [0.2, 0.25) is 0 Å². The molecule has 0 amide bonds. The lowest BCUT2D eigenvalue weighted by Gasteiger charge is -2.34. The van der Waals surface area contributed by atoms with Gasteiger partial charge in [0.25, 0.3) is 10.2 Å². The standard InChI is InChI=1S/C13H29N3O3S/c1-3-10-19-11-6-8-15-20(17,18)16-9-5-4-7-13(16)12-14-2/h13-15H,3-12H2,1-2H3. The number of piperidine rings is 1. The highest BCUT2D eigenvalue weighted by Crippen LogP contribution is 2.19. The van der Waals surface area contributed by atoms with Crippen LogP contribution in [-0.4, -0.2) is 58.7 Å². The average molecular weight is 307 g/mol. The number of nitrogens with one attached hydrogen (secondary N) is 2. The Bertz CT molecular complexity index is 347. The average Bonchev–Trinajstić information content (AvgIpc) is 2.43. The molecule has 1 aliphatic heterocycles. The van der Waals surface area contributed by atoms with Gasteiger partial charge in [-0.3, -0.25) is 0 Å². The summed E-state index contributed by atoms with van der Waals surface area (Å²) in [5.41, 5.74) is 0. The zero-order valence-corrected chi connectivity index (χ0v) is 13.5. The molecule has 1 heterocycles. The van der Waals surface area contributed by atoms with Gasteiger partial charge >= 0.3 is 0 Å². The summed E-state index contributed by atoms with van der Waals surface area (Å²) < 4.78 is 34.3. The molecular weight excluding hydrogens is 278 g/mol. The second-order valence-corrected chi connectivity index (χ2v) is 6.89. The molecule has 0 aromatic carbocycles. The Balaban J connectivity index is 2.37. The SMILES string of the molecule is CCCOCCCNS(=O)(=O)N1CCCCC1CNC. The Morgan fingerprint density at radius 3 is 2.80 bits per heavy atom. The van der Waals surface area contributed by atoms with Crippen LogP contribution in [0.2, 0.25) is 0 Å². The van der Waals surface area contributed by atoms with Gasteiger partial charge in [-0.2, -0.15) is 12.7 Å². The van der Waals surface area contributed by atoms with E-state index in [1.807, 2.05) is 7.05 Å². The monoisotopic (exact) mass is 307 g/mol. The molecule has 1 rings (SSSR count). The van der Waals surface area contributed by atoms with Crippen molar-refractivity contribution in [2.45, 2.75) is 45.1 Å². The first-order valence-corrected chi connectivity index (χ1v) is 9.04. The van der Waals surface area contributed by atoms with Crippen molar-refractivity contribution in [3.63, 3.8) is 0 Å². The maximum atomic E-state index is 12.3. The number of ether oxygens (including phenoxy) is 1. The van der Waals surface area contributed by atoms with Crippen molar-refractivity contribution in [2.75, 3.05) is 39.9 Å². The van der Waals surface area contributed by atoms with Gasteiger partial charge in [0, 0.05) is 38.9 Å². The Morgan fingerprint density at radius 2 is 2.10 bits per heavy atom. The fourth-order valence-electron chi connectivity index (χ4n) is 2.43. The van der Waals surface area contributed by atoms with Crippen LogP contribution in [0.15, 0.2) is 0 Å². The Kier molecular flexibility index (Phi) is 8.63. The van der Waals surface area contributed by atoms with Crippen LogP contribution in [0.1, 0.15) is 39.0 Å². The van der Waals surface area contributed by atoms with Gasteiger partial charge in [-0.1, -0.05) is 13.3 Å². The minimum Gasteiger partial charge on any atom is -0.381 e. The highest BCUT2D eigenvalue weighted by atomic mass is 32.2. The lowest BCUT2D eigenvalue weighted by Crippen LogP contribution is -2.52. The quantitative estimate of drug-likeness (QED) is 0.583. The Hall–Kier alpha value is -0.210. The van der Waals surface area contributed by atoms with E-state index < -0.39 is 10.2 Å². The van der Waals surface area contributed by atoms with E-state index in [9.17, 15) is 8.42 Å². The summed E-state index contributed by atoms with van der Waals surface area (Å²) in [6.07, 6.45) is 4.68. The molecule has 1 aliphatic rings. The van der Waals surface area contributed by atoms with E-state index in [0.29, 0.717) is 32.7 Å². The predicted octanol–water partition coefficient (Wildman–Crippen LogP) is 0.711. The third kappa shape index (κ3) is 6.05. The van der Waals surface area contributed by atoms with Crippen molar-refractivity contribution in [3.8, 4) is 0 Å². The van der Waals surface area contributed by atoms with E-state index in [0.717, 1.165) is 32.3 Å². The van der Waals surface area contributed by atoms with E-state index in [-0.39, 0.29) is 6.04 Å². The molecule has 20 heavy (non-hydrogen) atoms. The summed E-state index contributed by atoms with van der Waals surface area (Å²) in [7, 11) is -1.50. The van der Waals surface area contributed by atoms with Crippen molar-refractivity contribution in [1.82, 2.24) is 14.3 Å². The third-order valence-electron chi connectivity index (χ3n) is 3.42. The van der Waals surface area contributed by atoms with Crippen molar-refractivity contribution >= 4 is 10.2 Å². The molecule has 2 N–H and O–H groups in total. The Labute approximate surface area is 123 Å². The first-order chi connectivity index (χ1) is 9.61. The largest absolute Gasteiger partial charge is 0.381 e. The molecule has 1 saturated heterocycles. The number of likely N-dealkylation sites (N-methyl/N-ethyl adjacent to an activating group) is 1. The minimum absolute atomic E-state index is 0.0718. The van der Waals surface area contributed by atoms with Crippen LogP contribution in [0, 0.1) is 0 Å². The lowest BCUT2D eigenvalue weighted by atomic mass is 10.1. The number of hydrogen-bond donors (Lipinski definition) is 2.